The van der Waals surface area contributed by atoms with Crippen LogP contribution >= 0.6 is 0 Å². The van der Waals surface area contributed by atoms with Gasteiger partial charge in [0.05, 0.1) is 0 Å². The van der Waals surface area contributed by atoms with Gasteiger partial charge in [0.1, 0.15) is 0 Å². The minimum atomic E-state index is 0. The van der Waals surface area contributed by atoms with Crippen molar-refractivity contribution in [3.8, 4) is 0 Å². The SMILES string of the molecule is CCCCCCCCCNCCCCCCCCC.[Mg]. The first-order chi connectivity index (χ1) is 9.41. The second-order valence-electron chi connectivity index (χ2n) is 5.99. The molecule has 118 valence electrons. The second kappa shape index (κ2) is 22.0. The summed E-state index contributed by atoms with van der Waals surface area (Å²) in [7, 11) is 0. The van der Waals surface area contributed by atoms with Crippen molar-refractivity contribution in [2.45, 2.75) is 104 Å². The zero-order valence-electron chi connectivity index (χ0n) is 14.5. The van der Waals surface area contributed by atoms with E-state index in [1.54, 1.807) is 0 Å². The lowest BCUT2D eigenvalue weighted by Crippen LogP contribution is -2.16. The van der Waals surface area contributed by atoms with Gasteiger partial charge in [-0.25, -0.2) is 0 Å². The van der Waals surface area contributed by atoms with Crippen LogP contribution in [0.5, 0.6) is 0 Å². The van der Waals surface area contributed by atoms with E-state index in [9.17, 15) is 0 Å². The fourth-order valence-electron chi connectivity index (χ4n) is 2.54. The Labute approximate surface area is 145 Å². The Balaban J connectivity index is 0. The molecule has 2 heteroatoms. The standard InChI is InChI=1S/C18H39N.Mg/c1-3-5-7-9-11-13-15-17-19-18-16-14-12-10-8-6-4-2;/h19H,3-18H2,1-2H3;. The molecule has 0 fully saturated rings. The molecule has 0 aliphatic heterocycles. The molecule has 0 atom stereocenters. The minimum Gasteiger partial charge on any atom is -0.317 e. The lowest BCUT2D eigenvalue weighted by molar-refractivity contribution is 0.537. The number of nitrogens with one attached hydrogen (secondary N) is 1. The van der Waals surface area contributed by atoms with Crippen LogP contribution in [0.1, 0.15) is 104 Å². The van der Waals surface area contributed by atoms with E-state index < -0.39 is 0 Å². The van der Waals surface area contributed by atoms with Crippen LogP contribution in [0.3, 0.4) is 0 Å². The van der Waals surface area contributed by atoms with E-state index in [2.05, 4.69) is 19.2 Å². The number of hydrogen-bond donors (Lipinski definition) is 1. The fraction of sp³-hybridized carbons (Fsp3) is 1.00. The maximum Gasteiger partial charge on any atom is 0 e. The predicted molar refractivity (Wildman–Crippen MR) is 94.6 cm³/mol. The van der Waals surface area contributed by atoms with Crippen molar-refractivity contribution in [3.05, 3.63) is 0 Å². The third-order valence-corrected chi connectivity index (χ3v) is 3.91. The van der Waals surface area contributed by atoms with Crippen molar-refractivity contribution in [3.63, 3.8) is 0 Å². The third kappa shape index (κ3) is 21.0. The van der Waals surface area contributed by atoms with E-state index in [0.717, 1.165) is 0 Å². The van der Waals surface area contributed by atoms with Crippen LogP contribution in [0, 0.1) is 0 Å². The molecular weight excluding hydrogens is 255 g/mol. The summed E-state index contributed by atoms with van der Waals surface area (Å²) in [6.07, 6.45) is 19.9. The van der Waals surface area contributed by atoms with Gasteiger partial charge in [0.25, 0.3) is 0 Å². The molecule has 2 radical (unpaired) electrons. The molecule has 0 amide bonds. The zero-order valence-corrected chi connectivity index (χ0v) is 15.9. The monoisotopic (exact) mass is 293 g/mol. The van der Waals surface area contributed by atoms with Gasteiger partial charge in [-0.1, -0.05) is 90.9 Å². The number of hydrogen-bond acceptors (Lipinski definition) is 1. The molecule has 0 aromatic carbocycles. The van der Waals surface area contributed by atoms with Crippen LogP contribution in [-0.4, -0.2) is 36.1 Å². The van der Waals surface area contributed by atoms with Gasteiger partial charge in [0.15, 0.2) is 0 Å². The smallest absolute Gasteiger partial charge is 0 e. The molecular formula is C18H39MgN. The highest BCUT2D eigenvalue weighted by atomic mass is 24.3. The van der Waals surface area contributed by atoms with Gasteiger partial charge in [0.2, 0.25) is 0 Å². The van der Waals surface area contributed by atoms with Gasteiger partial charge in [-0.15, -0.1) is 0 Å². The normalized spacial score (nSPS) is 10.5. The first kappa shape index (κ1) is 23.0. The lowest BCUT2D eigenvalue weighted by atomic mass is 10.1. The fourth-order valence-corrected chi connectivity index (χ4v) is 2.54. The minimum absolute atomic E-state index is 0. The molecule has 0 spiro atoms. The Hall–Kier alpha value is 0.726. The quantitative estimate of drug-likeness (QED) is 0.284. The highest BCUT2D eigenvalue weighted by Gasteiger charge is 1.93. The maximum absolute atomic E-state index is 3.59. The van der Waals surface area contributed by atoms with Crippen LogP contribution in [0.15, 0.2) is 0 Å². The molecule has 0 unspecified atom stereocenters. The number of rotatable bonds is 16. The Morgan fingerprint density at radius 2 is 0.750 bits per heavy atom. The Morgan fingerprint density at radius 1 is 0.450 bits per heavy atom. The van der Waals surface area contributed by atoms with Gasteiger partial charge in [-0.05, 0) is 25.9 Å². The molecule has 0 bridgehead atoms. The summed E-state index contributed by atoms with van der Waals surface area (Å²) < 4.78 is 0. The first-order valence-corrected chi connectivity index (χ1v) is 9.12. The molecule has 1 nitrogen and oxygen atoms in total. The highest BCUT2D eigenvalue weighted by Crippen LogP contribution is 2.07. The summed E-state index contributed by atoms with van der Waals surface area (Å²) in [6.45, 7) is 7.05. The van der Waals surface area contributed by atoms with E-state index >= 15 is 0 Å². The Kier molecular flexibility index (Phi) is 25.3. The topological polar surface area (TPSA) is 12.0 Å². The molecule has 1 N–H and O–H groups in total. The molecule has 0 aliphatic rings. The number of unbranched alkanes of at least 4 members (excludes halogenated alkanes) is 12. The molecule has 0 heterocycles. The van der Waals surface area contributed by atoms with Crippen molar-refractivity contribution < 1.29 is 0 Å². The summed E-state index contributed by atoms with van der Waals surface area (Å²) >= 11 is 0. The van der Waals surface area contributed by atoms with E-state index in [-0.39, 0.29) is 23.1 Å². The van der Waals surface area contributed by atoms with E-state index in [1.807, 2.05) is 0 Å². The zero-order chi connectivity index (χ0) is 14.0. The van der Waals surface area contributed by atoms with Gasteiger partial charge in [0, 0.05) is 23.1 Å². The van der Waals surface area contributed by atoms with Crippen LogP contribution in [0.2, 0.25) is 0 Å². The van der Waals surface area contributed by atoms with Crippen molar-refractivity contribution in [2.75, 3.05) is 13.1 Å². The van der Waals surface area contributed by atoms with E-state index in [0.29, 0.717) is 0 Å². The van der Waals surface area contributed by atoms with Gasteiger partial charge >= 0.3 is 0 Å². The third-order valence-electron chi connectivity index (χ3n) is 3.91. The largest absolute Gasteiger partial charge is 0.317 e. The van der Waals surface area contributed by atoms with Crippen molar-refractivity contribution in [2.24, 2.45) is 0 Å². The molecule has 0 aromatic rings. The van der Waals surface area contributed by atoms with E-state index in [1.165, 1.54) is 103 Å². The highest BCUT2D eigenvalue weighted by molar-refractivity contribution is 5.75. The maximum atomic E-state index is 3.59. The predicted octanol–water partition coefficient (Wildman–Crippen LogP) is 5.70. The summed E-state index contributed by atoms with van der Waals surface area (Å²) in [4.78, 5) is 0. The Morgan fingerprint density at radius 3 is 1.10 bits per heavy atom. The van der Waals surface area contributed by atoms with Crippen LogP contribution in [0.25, 0.3) is 0 Å². The van der Waals surface area contributed by atoms with Crippen molar-refractivity contribution >= 4 is 23.1 Å². The molecule has 20 heavy (non-hydrogen) atoms. The molecule has 0 saturated heterocycles. The summed E-state index contributed by atoms with van der Waals surface area (Å²) in [5.74, 6) is 0. The van der Waals surface area contributed by atoms with Crippen LogP contribution < -0.4 is 5.32 Å². The Bertz CT molecular complexity index is 134. The van der Waals surface area contributed by atoms with Crippen molar-refractivity contribution in [1.82, 2.24) is 5.32 Å². The summed E-state index contributed by atoms with van der Waals surface area (Å²) in [6, 6.07) is 0. The second-order valence-corrected chi connectivity index (χ2v) is 5.99. The lowest BCUT2D eigenvalue weighted by Gasteiger charge is -2.05. The van der Waals surface area contributed by atoms with Crippen LogP contribution in [-0.2, 0) is 0 Å². The molecule has 0 saturated carbocycles. The first-order valence-electron chi connectivity index (χ1n) is 9.12. The molecule has 0 aliphatic carbocycles. The van der Waals surface area contributed by atoms with Gasteiger partial charge in [-0.3, -0.25) is 0 Å². The average Bonchev–Trinajstić information content (AvgIpc) is 2.43. The van der Waals surface area contributed by atoms with Crippen molar-refractivity contribution in [1.29, 1.82) is 0 Å². The van der Waals surface area contributed by atoms with Gasteiger partial charge < -0.3 is 5.32 Å². The molecule has 0 aromatic heterocycles. The van der Waals surface area contributed by atoms with E-state index in [4.69, 9.17) is 0 Å². The summed E-state index contributed by atoms with van der Waals surface area (Å²) in [5.41, 5.74) is 0. The summed E-state index contributed by atoms with van der Waals surface area (Å²) in [5, 5.41) is 3.59. The molecule has 0 rings (SSSR count). The average molecular weight is 294 g/mol. The van der Waals surface area contributed by atoms with Crippen LogP contribution in [0.4, 0.5) is 0 Å². The van der Waals surface area contributed by atoms with Gasteiger partial charge in [-0.2, -0.15) is 0 Å².